The van der Waals surface area contributed by atoms with E-state index < -0.39 is 11.9 Å². The second-order valence-electron chi connectivity index (χ2n) is 4.91. The van der Waals surface area contributed by atoms with Gasteiger partial charge in [-0.3, -0.25) is 5.43 Å². The lowest BCUT2D eigenvalue weighted by Crippen LogP contribution is -2.49. The molecule has 0 spiro atoms. The number of thiophene rings is 1. The average Bonchev–Trinajstić information content (AvgIpc) is 2.90. The van der Waals surface area contributed by atoms with Gasteiger partial charge in [0.05, 0.1) is 33.0 Å². The van der Waals surface area contributed by atoms with Gasteiger partial charge in [-0.25, -0.2) is 14.6 Å². The van der Waals surface area contributed by atoms with E-state index in [0.29, 0.717) is 46.9 Å². The average molecular weight is 373 g/mol. The number of hydrogen-bond donors (Lipinski definition) is 2. The highest BCUT2D eigenvalue weighted by Crippen LogP contribution is 2.34. The maximum atomic E-state index is 12.1. The van der Waals surface area contributed by atoms with Crippen molar-refractivity contribution in [1.29, 1.82) is 0 Å². The Labute approximate surface area is 149 Å². The summed E-state index contributed by atoms with van der Waals surface area (Å²) in [5.41, 5.74) is 3.80. The van der Waals surface area contributed by atoms with Crippen molar-refractivity contribution in [2.24, 2.45) is 0 Å². The highest BCUT2D eigenvalue weighted by molar-refractivity contribution is 7.80. The van der Waals surface area contributed by atoms with Crippen molar-refractivity contribution in [2.45, 2.75) is 6.92 Å². The molecule has 0 unspecified atom stereocenters. The molecule has 1 aromatic rings. The van der Waals surface area contributed by atoms with Crippen LogP contribution in [0.3, 0.4) is 0 Å². The lowest BCUT2D eigenvalue weighted by atomic mass is 10.1. The van der Waals surface area contributed by atoms with Gasteiger partial charge in [-0.15, -0.1) is 11.3 Å². The SMILES string of the molecule is COC(=O)c1sc(NC(=S)NN2CCOCC2)c(C(=O)OC)c1C. The van der Waals surface area contributed by atoms with Crippen LogP contribution in [0.25, 0.3) is 0 Å². The van der Waals surface area contributed by atoms with E-state index in [1.165, 1.54) is 14.2 Å². The maximum Gasteiger partial charge on any atom is 0.348 e. The third kappa shape index (κ3) is 4.20. The molecule has 0 aliphatic carbocycles. The van der Waals surface area contributed by atoms with Gasteiger partial charge in [0.15, 0.2) is 5.11 Å². The van der Waals surface area contributed by atoms with Crippen LogP contribution in [-0.2, 0) is 14.2 Å². The zero-order chi connectivity index (χ0) is 17.7. The fraction of sp³-hybridized carbons (Fsp3) is 0.500. The summed E-state index contributed by atoms with van der Waals surface area (Å²) in [4.78, 5) is 24.2. The molecule has 1 aliphatic heterocycles. The number of methoxy groups -OCH3 is 2. The van der Waals surface area contributed by atoms with Gasteiger partial charge in [-0.2, -0.15) is 0 Å². The van der Waals surface area contributed by atoms with Gasteiger partial charge < -0.3 is 19.5 Å². The van der Waals surface area contributed by atoms with Gasteiger partial charge in [0.1, 0.15) is 9.88 Å². The van der Waals surface area contributed by atoms with Gasteiger partial charge in [0.25, 0.3) is 0 Å². The summed E-state index contributed by atoms with van der Waals surface area (Å²) in [7, 11) is 2.57. The molecule has 2 heterocycles. The number of hydrazine groups is 1. The number of esters is 2. The first-order valence-electron chi connectivity index (χ1n) is 7.18. The summed E-state index contributed by atoms with van der Waals surface area (Å²) in [5.74, 6) is -1.06. The molecule has 2 N–H and O–H groups in total. The fourth-order valence-corrected chi connectivity index (χ4v) is 3.60. The Morgan fingerprint density at radius 1 is 1.21 bits per heavy atom. The lowest BCUT2D eigenvalue weighted by Gasteiger charge is -2.28. The predicted octanol–water partition coefficient (Wildman–Crippen LogP) is 1.16. The molecule has 0 amide bonds. The molecule has 0 saturated carbocycles. The number of thiocarbonyl (C=S) groups is 1. The van der Waals surface area contributed by atoms with Gasteiger partial charge in [0, 0.05) is 13.1 Å². The maximum absolute atomic E-state index is 12.1. The Hall–Kier alpha value is -1.75. The van der Waals surface area contributed by atoms with Crippen molar-refractivity contribution in [3.63, 3.8) is 0 Å². The van der Waals surface area contributed by atoms with Crippen molar-refractivity contribution in [1.82, 2.24) is 10.4 Å². The van der Waals surface area contributed by atoms with E-state index in [1.54, 1.807) is 6.92 Å². The smallest absolute Gasteiger partial charge is 0.348 e. The minimum absolute atomic E-state index is 0.272. The van der Waals surface area contributed by atoms with Gasteiger partial charge in [-0.1, -0.05) is 0 Å². The molecule has 1 aromatic heterocycles. The normalized spacial score (nSPS) is 14.8. The number of hydrogen-bond acceptors (Lipinski definition) is 8. The minimum atomic E-state index is -0.546. The number of ether oxygens (including phenoxy) is 3. The van der Waals surface area contributed by atoms with Crippen LogP contribution in [0.5, 0.6) is 0 Å². The standard InChI is InChI=1S/C14H19N3O5S2/c1-8-9(12(18)20-2)11(24-10(8)13(19)21-3)15-14(23)16-17-4-6-22-7-5-17/h4-7H2,1-3H3,(H2,15,16,23). The molecule has 0 aromatic carbocycles. The largest absolute Gasteiger partial charge is 0.465 e. The third-order valence-electron chi connectivity index (χ3n) is 3.40. The van der Waals surface area contributed by atoms with Crippen LogP contribution < -0.4 is 10.7 Å². The molecular weight excluding hydrogens is 354 g/mol. The van der Waals surface area contributed by atoms with Gasteiger partial charge in [-0.05, 0) is 24.7 Å². The summed E-state index contributed by atoms with van der Waals surface area (Å²) in [6.07, 6.45) is 0. The molecule has 1 saturated heterocycles. The molecular formula is C14H19N3O5S2. The molecule has 10 heteroatoms. The van der Waals surface area contributed by atoms with E-state index in [1.807, 2.05) is 5.01 Å². The van der Waals surface area contributed by atoms with Gasteiger partial charge >= 0.3 is 11.9 Å². The molecule has 0 bridgehead atoms. The summed E-state index contributed by atoms with van der Waals surface area (Å²) in [5, 5.41) is 5.63. The fourth-order valence-electron chi connectivity index (χ4n) is 2.19. The second-order valence-corrected chi connectivity index (χ2v) is 6.34. The lowest BCUT2D eigenvalue weighted by molar-refractivity contribution is 0.0252. The highest BCUT2D eigenvalue weighted by atomic mass is 32.1. The van der Waals surface area contributed by atoms with Crippen molar-refractivity contribution < 1.29 is 23.8 Å². The Morgan fingerprint density at radius 3 is 2.42 bits per heavy atom. The van der Waals surface area contributed by atoms with Crippen LogP contribution in [0.15, 0.2) is 0 Å². The van der Waals surface area contributed by atoms with E-state index in [-0.39, 0.29) is 5.56 Å². The Balaban J connectivity index is 2.19. The van der Waals surface area contributed by atoms with Crippen LogP contribution in [-0.4, -0.2) is 62.6 Å². The van der Waals surface area contributed by atoms with Crippen LogP contribution in [0.4, 0.5) is 5.00 Å². The van der Waals surface area contributed by atoms with E-state index in [9.17, 15) is 9.59 Å². The Kier molecular flexibility index (Phi) is 6.49. The molecule has 1 fully saturated rings. The molecule has 0 atom stereocenters. The first-order chi connectivity index (χ1) is 11.5. The van der Waals surface area contributed by atoms with E-state index >= 15 is 0 Å². The quantitative estimate of drug-likeness (QED) is 0.596. The van der Waals surface area contributed by atoms with Crippen LogP contribution in [0.1, 0.15) is 25.6 Å². The molecule has 2 rings (SSSR count). The monoisotopic (exact) mass is 373 g/mol. The Bertz CT molecular complexity index is 641. The number of nitrogens with zero attached hydrogens (tertiary/aromatic N) is 1. The third-order valence-corrected chi connectivity index (χ3v) is 4.79. The minimum Gasteiger partial charge on any atom is -0.465 e. The number of anilines is 1. The van der Waals surface area contributed by atoms with Crippen molar-refractivity contribution >= 4 is 45.6 Å². The zero-order valence-electron chi connectivity index (χ0n) is 13.6. The number of carbonyl (C=O) groups is 2. The molecule has 132 valence electrons. The van der Waals surface area contributed by atoms with Crippen LogP contribution >= 0.6 is 23.6 Å². The first-order valence-corrected chi connectivity index (χ1v) is 8.40. The number of morpholine rings is 1. The second kappa shape index (κ2) is 8.38. The molecule has 24 heavy (non-hydrogen) atoms. The number of carbonyl (C=O) groups excluding carboxylic acids is 2. The highest BCUT2D eigenvalue weighted by Gasteiger charge is 2.26. The zero-order valence-corrected chi connectivity index (χ0v) is 15.3. The Morgan fingerprint density at radius 2 is 1.83 bits per heavy atom. The number of nitrogens with one attached hydrogen (secondary N) is 2. The summed E-state index contributed by atoms with van der Waals surface area (Å²) >= 11 is 6.38. The van der Waals surface area contributed by atoms with Gasteiger partial charge in [0.2, 0.25) is 0 Å². The first kappa shape index (κ1) is 18.6. The van der Waals surface area contributed by atoms with Crippen LogP contribution in [0, 0.1) is 6.92 Å². The van der Waals surface area contributed by atoms with Crippen LogP contribution in [0.2, 0.25) is 0 Å². The van der Waals surface area contributed by atoms with E-state index in [2.05, 4.69) is 10.7 Å². The van der Waals surface area contributed by atoms with E-state index in [0.717, 1.165) is 11.3 Å². The summed E-state index contributed by atoms with van der Waals surface area (Å²) in [6, 6.07) is 0. The number of rotatable bonds is 4. The van der Waals surface area contributed by atoms with Crippen molar-refractivity contribution in [3.05, 3.63) is 16.0 Å². The topological polar surface area (TPSA) is 89.1 Å². The molecule has 0 radical (unpaired) electrons. The predicted molar refractivity (Wildman–Crippen MR) is 93.5 cm³/mol. The van der Waals surface area contributed by atoms with E-state index in [4.69, 9.17) is 26.4 Å². The molecule has 1 aliphatic rings. The summed E-state index contributed by atoms with van der Waals surface area (Å²) in [6.45, 7) is 4.30. The van der Waals surface area contributed by atoms with Crippen molar-refractivity contribution in [2.75, 3.05) is 45.8 Å². The summed E-state index contributed by atoms with van der Waals surface area (Å²) < 4.78 is 14.8. The van der Waals surface area contributed by atoms with Crippen molar-refractivity contribution in [3.8, 4) is 0 Å². The molecule has 8 nitrogen and oxygen atoms in total.